The lowest BCUT2D eigenvalue weighted by Crippen LogP contribution is -2.35. The van der Waals surface area contributed by atoms with Crippen LogP contribution >= 0.6 is 0 Å². The summed E-state index contributed by atoms with van der Waals surface area (Å²) in [6, 6.07) is 0. The molecule has 1 amide bonds. The third-order valence-corrected chi connectivity index (χ3v) is 8.44. The van der Waals surface area contributed by atoms with Crippen LogP contribution in [0.2, 0.25) is 0 Å². The molecule has 10 heteroatoms. The van der Waals surface area contributed by atoms with E-state index in [9.17, 15) is 14.0 Å². The van der Waals surface area contributed by atoms with Gasteiger partial charge in [-0.1, -0.05) is 104 Å². The SMILES string of the molecule is C#C[C@@]1(COC(=O)C(CCC)CCC)CC[C@H](n2cnc3c(NC(=O)CCCCCCCCCCCCC)nc(F)nc32)O1. The molecule has 1 N–H and O–H groups in total. The summed E-state index contributed by atoms with van der Waals surface area (Å²) in [4.78, 5) is 37.5. The van der Waals surface area contributed by atoms with Crippen LogP contribution in [0.5, 0.6) is 0 Å². The quantitative estimate of drug-likeness (QED) is 0.0657. The number of imidazole rings is 1. The van der Waals surface area contributed by atoms with Gasteiger partial charge in [0.2, 0.25) is 5.91 Å². The van der Waals surface area contributed by atoms with Crippen molar-refractivity contribution in [3.05, 3.63) is 12.4 Å². The number of esters is 1. The minimum absolute atomic E-state index is 0.0346. The summed E-state index contributed by atoms with van der Waals surface area (Å²) in [7, 11) is 0. The van der Waals surface area contributed by atoms with Crippen LogP contribution in [0.1, 0.15) is 143 Å². The van der Waals surface area contributed by atoms with Gasteiger partial charge in [0.25, 0.3) is 0 Å². The van der Waals surface area contributed by atoms with Crippen molar-refractivity contribution in [1.29, 1.82) is 0 Å². The van der Waals surface area contributed by atoms with E-state index in [-0.39, 0.29) is 41.4 Å². The Morgan fingerprint density at radius 3 is 2.30 bits per heavy atom. The number of carbonyl (C=O) groups excluding carboxylic acids is 2. The molecule has 3 heterocycles. The Hall–Kier alpha value is -3.06. The van der Waals surface area contributed by atoms with Gasteiger partial charge in [0.15, 0.2) is 22.6 Å². The first-order valence-electron chi connectivity index (χ1n) is 16.9. The minimum Gasteiger partial charge on any atom is -0.461 e. The molecule has 0 unspecified atom stereocenters. The molecule has 3 rings (SSSR count). The molecule has 0 aromatic carbocycles. The molecular formula is C34H52FN5O4. The van der Waals surface area contributed by atoms with E-state index in [0.29, 0.717) is 19.3 Å². The first kappa shape index (κ1) is 35.4. The van der Waals surface area contributed by atoms with Crippen molar-refractivity contribution in [2.24, 2.45) is 5.92 Å². The number of halogens is 1. The molecule has 44 heavy (non-hydrogen) atoms. The van der Waals surface area contributed by atoms with Gasteiger partial charge in [-0.05, 0) is 32.1 Å². The van der Waals surface area contributed by atoms with E-state index in [1.54, 1.807) is 4.57 Å². The number of terminal acetylenes is 1. The molecule has 1 aliphatic heterocycles. The number of aromatic nitrogens is 4. The monoisotopic (exact) mass is 613 g/mol. The zero-order valence-electron chi connectivity index (χ0n) is 27.0. The molecule has 1 fully saturated rings. The number of nitrogens with one attached hydrogen (secondary N) is 1. The predicted molar refractivity (Wildman–Crippen MR) is 170 cm³/mol. The Bertz CT molecular complexity index is 1220. The average Bonchev–Trinajstić information content (AvgIpc) is 3.63. The van der Waals surface area contributed by atoms with Crippen molar-refractivity contribution in [3.63, 3.8) is 0 Å². The van der Waals surface area contributed by atoms with E-state index in [0.717, 1.165) is 44.9 Å². The molecule has 1 aliphatic rings. The summed E-state index contributed by atoms with van der Waals surface area (Å²) in [5, 5.41) is 2.72. The third kappa shape index (κ3) is 10.5. The van der Waals surface area contributed by atoms with Gasteiger partial charge in [0.05, 0.1) is 12.2 Å². The molecule has 2 aromatic rings. The van der Waals surface area contributed by atoms with E-state index in [2.05, 4.69) is 33.1 Å². The fourth-order valence-corrected chi connectivity index (χ4v) is 5.90. The molecule has 244 valence electrons. The Balaban J connectivity index is 1.51. The summed E-state index contributed by atoms with van der Waals surface area (Å²) in [5.74, 6) is 2.07. The molecule has 0 radical (unpaired) electrons. The second kappa shape index (κ2) is 18.7. The van der Waals surface area contributed by atoms with Gasteiger partial charge in [-0.2, -0.15) is 14.4 Å². The minimum atomic E-state index is -1.10. The number of unbranched alkanes of at least 4 members (excludes halogenated alkanes) is 10. The lowest BCUT2D eigenvalue weighted by molar-refractivity contribution is -0.157. The lowest BCUT2D eigenvalue weighted by atomic mass is 9.98. The number of carbonyl (C=O) groups is 2. The Morgan fingerprint density at radius 1 is 1.05 bits per heavy atom. The molecule has 0 saturated carbocycles. The molecule has 0 bridgehead atoms. The highest BCUT2D eigenvalue weighted by atomic mass is 19.1. The maximum Gasteiger partial charge on any atom is 0.312 e. The van der Waals surface area contributed by atoms with Crippen LogP contribution < -0.4 is 5.32 Å². The number of ether oxygens (including phenoxy) is 2. The highest BCUT2D eigenvalue weighted by Gasteiger charge is 2.42. The molecule has 9 nitrogen and oxygen atoms in total. The standard InChI is InChI=1S/C34H52FN5O4/c1-5-9-10-11-12-13-14-15-16-17-18-21-27(41)37-30-29-31(39-33(35)38-30)40(25-36-29)28-22-23-34(8-4,44-28)24-43-32(42)26(19-6-2)20-7-3/h4,25-26,28H,5-7,9-24H2,1-3H3,(H,37,38,39,41)/t28-,34+/m1/s1. The zero-order valence-corrected chi connectivity index (χ0v) is 27.0. The van der Waals surface area contributed by atoms with Crippen LogP contribution in [0.25, 0.3) is 11.2 Å². The van der Waals surface area contributed by atoms with E-state index >= 15 is 0 Å². The van der Waals surface area contributed by atoms with Gasteiger partial charge >= 0.3 is 12.0 Å². The molecule has 0 aliphatic carbocycles. The van der Waals surface area contributed by atoms with E-state index in [1.165, 1.54) is 57.7 Å². The third-order valence-electron chi connectivity index (χ3n) is 8.44. The second-order valence-electron chi connectivity index (χ2n) is 12.1. The Morgan fingerprint density at radius 2 is 1.68 bits per heavy atom. The van der Waals surface area contributed by atoms with Crippen molar-refractivity contribution in [2.75, 3.05) is 11.9 Å². The highest BCUT2D eigenvalue weighted by molar-refractivity contribution is 5.96. The summed E-state index contributed by atoms with van der Waals surface area (Å²) in [6.07, 6.45) is 23.5. The molecule has 2 atom stereocenters. The Kier molecular flexibility index (Phi) is 15.0. The van der Waals surface area contributed by atoms with Crippen molar-refractivity contribution in [1.82, 2.24) is 19.5 Å². The number of anilines is 1. The van der Waals surface area contributed by atoms with Crippen LogP contribution in [0.3, 0.4) is 0 Å². The number of hydrogen-bond acceptors (Lipinski definition) is 7. The fourth-order valence-electron chi connectivity index (χ4n) is 5.90. The topological polar surface area (TPSA) is 108 Å². The van der Waals surface area contributed by atoms with Crippen molar-refractivity contribution in [3.8, 4) is 12.3 Å². The summed E-state index contributed by atoms with van der Waals surface area (Å²) in [6.45, 7) is 6.26. The van der Waals surface area contributed by atoms with E-state index in [4.69, 9.17) is 15.9 Å². The smallest absolute Gasteiger partial charge is 0.312 e. The van der Waals surface area contributed by atoms with Crippen molar-refractivity contribution in [2.45, 2.75) is 148 Å². The van der Waals surface area contributed by atoms with Crippen LogP contribution in [-0.2, 0) is 19.1 Å². The van der Waals surface area contributed by atoms with Crippen LogP contribution in [0.15, 0.2) is 6.33 Å². The second-order valence-corrected chi connectivity index (χ2v) is 12.1. The normalized spacial score (nSPS) is 18.1. The van der Waals surface area contributed by atoms with Gasteiger partial charge in [0, 0.05) is 6.42 Å². The number of rotatable bonds is 21. The largest absolute Gasteiger partial charge is 0.461 e. The van der Waals surface area contributed by atoms with Gasteiger partial charge in [-0.3, -0.25) is 14.2 Å². The van der Waals surface area contributed by atoms with Gasteiger partial charge in [-0.25, -0.2) is 4.98 Å². The van der Waals surface area contributed by atoms with Gasteiger partial charge in [-0.15, -0.1) is 6.42 Å². The summed E-state index contributed by atoms with van der Waals surface area (Å²) < 4.78 is 28.0. The maximum absolute atomic E-state index is 14.5. The fraction of sp³-hybridized carbons (Fsp3) is 0.735. The van der Waals surface area contributed by atoms with Crippen molar-refractivity contribution >= 4 is 28.9 Å². The molecule has 2 aromatic heterocycles. The molecule has 0 spiro atoms. The summed E-state index contributed by atoms with van der Waals surface area (Å²) >= 11 is 0. The zero-order chi connectivity index (χ0) is 31.8. The molecule has 1 saturated heterocycles. The first-order valence-corrected chi connectivity index (χ1v) is 16.9. The lowest BCUT2D eigenvalue weighted by Gasteiger charge is -2.25. The molecular weight excluding hydrogens is 561 g/mol. The van der Waals surface area contributed by atoms with Crippen molar-refractivity contribution < 1.29 is 23.5 Å². The highest BCUT2D eigenvalue weighted by Crippen LogP contribution is 2.38. The first-order chi connectivity index (χ1) is 21.4. The maximum atomic E-state index is 14.5. The average molecular weight is 614 g/mol. The van der Waals surface area contributed by atoms with Gasteiger partial charge < -0.3 is 14.8 Å². The summed E-state index contributed by atoms with van der Waals surface area (Å²) in [5.41, 5.74) is -0.630. The van der Waals surface area contributed by atoms with E-state index in [1.807, 2.05) is 13.8 Å². The predicted octanol–water partition coefficient (Wildman–Crippen LogP) is 8.05. The number of hydrogen-bond donors (Lipinski definition) is 1. The van der Waals surface area contributed by atoms with E-state index < -0.39 is 17.9 Å². The number of fused-ring (bicyclic) bond motifs is 1. The number of nitrogens with zero attached hydrogens (tertiary/aromatic N) is 4. The van der Waals surface area contributed by atoms with Crippen LogP contribution in [-0.4, -0.2) is 43.6 Å². The number of amides is 1. The Labute approximate surface area is 262 Å². The van der Waals surface area contributed by atoms with Crippen LogP contribution in [0.4, 0.5) is 10.2 Å². The van der Waals surface area contributed by atoms with Crippen LogP contribution in [0, 0.1) is 24.3 Å². The van der Waals surface area contributed by atoms with Gasteiger partial charge in [0.1, 0.15) is 12.8 Å².